The Morgan fingerprint density at radius 3 is 2.71 bits per heavy atom. The summed E-state index contributed by atoms with van der Waals surface area (Å²) in [6, 6.07) is 4.63. The first-order valence-electron chi connectivity index (χ1n) is 8.58. The van der Waals surface area contributed by atoms with Gasteiger partial charge in [0.2, 0.25) is 5.91 Å². The second-order valence-corrected chi connectivity index (χ2v) is 6.33. The van der Waals surface area contributed by atoms with Crippen LogP contribution in [0.4, 0.5) is 0 Å². The fraction of sp³-hybridized carbons (Fsp3) is 0.647. The summed E-state index contributed by atoms with van der Waals surface area (Å²) in [5.41, 5.74) is 0. The van der Waals surface area contributed by atoms with Crippen molar-refractivity contribution in [2.45, 2.75) is 45.3 Å². The molecule has 1 saturated heterocycles. The van der Waals surface area contributed by atoms with Crippen molar-refractivity contribution in [3.05, 3.63) is 24.2 Å². The fourth-order valence-corrected chi connectivity index (χ4v) is 2.77. The predicted octanol–water partition coefficient (Wildman–Crippen LogP) is 0.934. The summed E-state index contributed by atoms with van der Waals surface area (Å²) in [5, 5.41) is 9.27. The average Bonchev–Trinajstić information content (AvgIpc) is 3.10. The fourth-order valence-electron chi connectivity index (χ4n) is 2.77. The van der Waals surface area contributed by atoms with Crippen LogP contribution >= 0.6 is 0 Å². The van der Waals surface area contributed by atoms with Crippen molar-refractivity contribution in [3.8, 4) is 0 Å². The number of piperidine rings is 1. The molecule has 3 N–H and O–H groups in total. The maximum atomic E-state index is 11.9. The van der Waals surface area contributed by atoms with Crippen molar-refractivity contribution < 1.29 is 9.21 Å². The second kappa shape index (κ2) is 9.32. The van der Waals surface area contributed by atoms with Crippen LogP contribution in [-0.2, 0) is 11.3 Å². The lowest BCUT2D eigenvalue weighted by atomic mass is 10.0. The summed E-state index contributed by atoms with van der Waals surface area (Å²) >= 11 is 0. The van der Waals surface area contributed by atoms with E-state index >= 15 is 0 Å². The van der Waals surface area contributed by atoms with Gasteiger partial charge in [-0.15, -0.1) is 0 Å². The summed E-state index contributed by atoms with van der Waals surface area (Å²) in [4.78, 5) is 18.5. The zero-order chi connectivity index (χ0) is 17.4. The summed E-state index contributed by atoms with van der Waals surface area (Å²) in [7, 11) is 1.72. The largest absolute Gasteiger partial charge is 0.467 e. The summed E-state index contributed by atoms with van der Waals surface area (Å²) in [5.74, 6) is 1.32. The van der Waals surface area contributed by atoms with E-state index < -0.39 is 0 Å². The Hall–Kier alpha value is -2.02. The Morgan fingerprint density at radius 1 is 1.38 bits per heavy atom. The molecule has 1 amide bonds. The minimum atomic E-state index is -0.0935. The van der Waals surface area contributed by atoms with Crippen LogP contribution in [0.5, 0.6) is 0 Å². The predicted molar refractivity (Wildman–Crippen MR) is 94.8 cm³/mol. The van der Waals surface area contributed by atoms with Gasteiger partial charge < -0.3 is 25.3 Å². The molecule has 1 aliphatic rings. The monoisotopic (exact) mass is 335 g/mol. The quantitative estimate of drug-likeness (QED) is 0.532. The van der Waals surface area contributed by atoms with E-state index in [2.05, 4.69) is 39.7 Å². The van der Waals surface area contributed by atoms with Gasteiger partial charge in [0, 0.05) is 32.2 Å². The molecule has 0 bridgehead atoms. The van der Waals surface area contributed by atoms with Gasteiger partial charge in [0.15, 0.2) is 5.96 Å². The highest BCUT2D eigenvalue weighted by Gasteiger charge is 2.21. The number of nitrogens with zero attached hydrogens (tertiary/aromatic N) is 2. The molecule has 1 aromatic rings. The molecule has 7 nitrogen and oxygen atoms in total. The highest BCUT2D eigenvalue weighted by Crippen LogP contribution is 2.12. The molecule has 0 atom stereocenters. The molecule has 134 valence electrons. The van der Waals surface area contributed by atoms with Gasteiger partial charge >= 0.3 is 0 Å². The van der Waals surface area contributed by atoms with Crippen LogP contribution in [0.25, 0.3) is 0 Å². The zero-order valence-corrected chi connectivity index (χ0v) is 14.8. The molecular weight excluding hydrogens is 306 g/mol. The van der Waals surface area contributed by atoms with Crippen LogP contribution < -0.4 is 16.0 Å². The molecule has 1 aliphatic heterocycles. The number of carbonyl (C=O) groups is 1. The van der Waals surface area contributed by atoms with E-state index in [1.54, 1.807) is 19.4 Å². The van der Waals surface area contributed by atoms with Gasteiger partial charge in [-0.1, -0.05) is 0 Å². The normalized spacial score (nSPS) is 17.1. The van der Waals surface area contributed by atoms with Crippen LogP contribution in [-0.4, -0.2) is 55.5 Å². The Bertz CT molecular complexity index is 519. The summed E-state index contributed by atoms with van der Waals surface area (Å²) < 4.78 is 5.18. The number of amides is 1. The number of aliphatic imine (C=N–C) groups is 1. The first-order chi connectivity index (χ1) is 11.6. The van der Waals surface area contributed by atoms with Crippen molar-refractivity contribution >= 4 is 11.9 Å². The number of hydrogen-bond donors (Lipinski definition) is 3. The average molecular weight is 335 g/mol. The molecule has 24 heavy (non-hydrogen) atoms. The molecular formula is C17H29N5O2. The molecule has 0 radical (unpaired) electrons. The van der Waals surface area contributed by atoms with Gasteiger partial charge in [-0.2, -0.15) is 0 Å². The highest BCUT2D eigenvalue weighted by atomic mass is 16.3. The minimum Gasteiger partial charge on any atom is -0.467 e. The summed E-state index contributed by atoms with van der Waals surface area (Å²) in [6.07, 6.45) is 3.77. The van der Waals surface area contributed by atoms with Crippen LogP contribution in [0.15, 0.2) is 27.8 Å². The Morgan fingerprint density at radius 2 is 2.12 bits per heavy atom. The molecule has 0 aromatic carbocycles. The number of likely N-dealkylation sites (tertiary alicyclic amines) is 1. The van der Waals surface area contributed by atoms with Gasteiger partial charge in [0.25, 0.3) is 0 Å². The third-order valence-corrected chi connectivity index (χ3v) is 4.28. The number of rotatable bonds is 6. The number of nitrogens with one attached hydrogen (secondary N) is 3. The molecule has 1 aromatic heterocycles. The SMILES string of the molecule is CN=C(NCC(=O)NCc1ccco1)NC1CCN(C(C)C)CC1. The van der Waals surface area contributed by atoms with Gasteiger partial charge in [-0.05, 0) is 38.8 Å². The number of furan rings is 1. The van der Waals surface area contributed by atoms with E-state index in [1.807, 2.05) is 6.07 Å². The Kier molecular flexibility index (Phi) is 7.11. The van der Waals surface area contributed by atoms with Crippen molar-refractivity contribution in [1.82, 2.24) is 20.9 Å². The van der Waals surface area contributed by atoms with E-state index in [9.17, 15) is 4.79 Å². The first kappa shape index (κ1) is 18.3. The number of carbonyl (C=O) groups excluding carboxylic acids is 1. The Balaban J connectivity index is 1.66. The van der Waals surface area contributed by atoms with Crippen molar-refractivity contribution in [3.63, 3.8) is 0 Å². The molecule has 0 aliphatic carbocycles. The molecule has 1 fully saturated rings. The molecule has 0 saturated carbocycles. The smallest absolute Gasteiger partial charge is 0.239 e. The summed E-state index contributed by atoms with van der Waals surface area (Å²) in [6.45, 7) is 7.23. The molecule has 2 heterocycles. The van der Waals surface area contributed by atoms with Crippen molar-refractivity contribution in [1.29, 1.82) is 0 Å². The lowest BCUT2D eigenvalue weighted by Gasteiger charge is -2.35. The van der Waals surface area contributed by atoms with Crippen LogP contribution in [0.1, 0.15) is 32.4 Å². The molecule has 0 spiro atoms. The molecule has 2 rings (SSSR count). The van der Waals surface area contributed by atoms with Gasteiger partial charge in [0.1, 0.15) is 5.76 Å². The third-order valence-electron chi connectivity index (χ3n) is 4.28. The first-order valence-corrected chi connectivity index (χ1v) is 8.58. The van der Waals surface area contributed by atoms with Gasteiger partial charge in [0.05, 0.1) is 19.4 Å². The minimum absolute atomic E-state index is 0.0935. The van der Waals surface area contributed by atoms with E-state index in [0.717, 1.165) is 31.7 Å². The topological polar surface area (TPSA) is 81.9 Å². The van der Waals surface area contributed by atoms with Gasteiger partial charge in [-0.25, -0.2) is 0 Å². The second-order valence-electron chi connectivity index (χ2n) is 6.33. The highest BCUT2D eigenvalue weighted by molar-refractivity contribution is 5.86. The van der Waals surface area contributed by atoms with Crippen LogP contribution in [0.2, 0.25) is 0 Å². The van der Waals surface area contributed by atoms with Crippen molar-refractivity contribution in [2.75, 3.05) is 26.7 Å². The van der Waals surface area contributed by atoms with E-state index in [-0.39, 0.29) is 12.5 Å². The number of hydrogen-bond acceptors (Lipinski definition) is 4. The molecule has 7 heteroatoms. The van der Waals surface area contributed by atoms with Crippen molar-refractivity contribution in [2.24, 2.45) is 4.99 Å². The maximum absolute atomic E-state index is 11.9. The lowest BCUT2D eigenvalue weighted by molar-refractivity contribution is -0.120. The van der Waals surface area contributed by atoms with E-state index in [0.29, 0.717) is 24.6 Å². The zero-order valence-electron chi connectivity index (χ0n) is 14.8. The Labute approximate surface area is 143 Å². The van der Waals surface area contributed by atoms with Gasteiger partial charge in [-0.3, -0.25) is 9.79 Å². The third kappa shape index (κ3) is 5.88. The van der Waals surface area contributed by atoms with E-state index in [1.165, 1.54) is 0 Å². The molecule has 0 unspecified atom stereocenters. The van der Waals surface area contributed by atoms with E-state index in [4.69, 9.17) is 4.42 Å². The maximum Gasteiger partial charge on any atom is 0.239 e. The lowest BCUT2D eigenvalue weighted by Crippen LogP contribution is -2.51. The van der Waals surface area contributed by atoms with Crippen LogP contribution in [0.3, 0.4) is 0 Å². The standard InChI is InChI=1S/C17H29N5O2/c1-13(2)22-8-6-14(7-9-22)21-17(18-3)20-12-16(23)19-11-15-5-4-10-24-15/h4-5,10,13-14H,6-9,11-12H2,1-3H3,(H,19,23)(H2,18,20,21). The number of guanidine groups is 1. The van der Waals surface area contributed by atoms with Crippen LogP contribution in [0, 0.1) is 0 Å².